The van der Waals surface area contributed by atoms with Crippen LogP contribution in [0.3, 0.4) is 0 Å². The van der Waals surface area contributed by atoms with Gasteiger partial charge in [-0.05, 0) is 11.6 Å². The predicted octanol–water partition coefficient (Wildman–Crippen LogP) is 2.58. The average Bonchev–Trinajstić information content (AvgIpc) is 3.09. The smallest absolute Gasteiger partial charge is 0.269 e. The SMILES string of the molecule is O=[N+]([O-])c1cccc(CO/N=C\c2ccc(N3CCOCC3)o2)c1. The number of hydrogen-bond donors (Lipinski definition) is 0. The molecular formula is C16H17N3O5. The van der Waals surface area contributed by atoms with Gasteiger partial charge in [0, 0.05) is 31.3 Å². The summed E-state index contributed by atoms with van der Waals surface area (Å²) >= 11 is 0. The van der Waals surface area contributed by atoms with Gasteiger partial charge in [-0.3, -0.25) is 10.1 Å². The second-order valence-corrected chi connectivity index (χ2v) is 5.21. The van der Waals surface area contributed by atoms with Crippen LogP contribution in [0.4, 0.5) is 11.6 Å². The summed E-state index contributed by atoms with van der Waals surface area (Å²) in [5, 5.41) is 14.5. The number of oxime groups is 1. The van der Waals surface area contributed by atoms with Crippen LogP contribution in [0.5, 0.6) is 0 Å². The van der Waals surface area contributed by atoms with Crippen molar-refractivity contribution in [2.75, 3.05) is 31.2 Å². The maximum Gasteiger partial charge on any atom is 0.269 e. The zero-order valence-electron chi connectivity index (χ0n) is 13.0. The van der Waals surface area contributed by atoms with Crippen molar-refractivity contribution in [2.24, 2.45) is 5.16 Å². The van der Waals surface area contributed by atoms with Crippen molar-refractivity contribution >= 4 is 17.8 Å². The third kappa shape index (κ3) is 4.11. The Morgan fingerprint density at radius 3 is 2.92 bits per heavy atom. The lowest BCUT2D eigenvalue weighted by molar-refractivity contribution is -0.384. The Kier molecular flexibility index (Phi) is 5.07. The highest BCUT2D eigenvalue weighted by Gasteiger charge is 2.14. The molecular weight excluding hydrogens is 314 g/mol. The van der Waals surface area contributed by atoms with E-state index < -0.39 is 4.92 Å². The summed E-state index contributed by atoms with van der Waals surface area (Å²) in [6, 6.07) is 9.94. The fraction of sp³-hybridized carbons (Fsp3) is 0.312. The quantitative estimate of drug-likeness (QED) is 0.459. The van der Waals surface area contributed by atoms with Crippen LogP contribution < -0.4 is 4.90 Å². The highest BCUT2D eigenvalue weighted by atomic mass is 16.6. The third-order valence-electron chi connectivity index (χ3n) is 3.54. The largest absolute Gasteiger partial charge is 0.439 e. The van der Waals surface area contributed by atoms with Crippen molar-refractivity contribution in [1.29, 1.82) is 0 Å². The van der Waals surface area contributed by atoms with Crippen LogP contribution in [0, 0.1) is 10.1 Å². The van der Waals surface area contributed by atoms with E-state index in [1.807, 2.05) is 12.1 Å². The van der Waals surface area contributed by atoms with Crippen LogP contribution in [-0.4, -0.2) is 37.4 Å². The maximum absolute atomic E-state index is 10.7. The average molecular weight is 331 g/mol. The first-order valence-electron chi connectivity index (χ1n) is 7.53. The molecule has 0 N–H and O–H groups in total. The van der Waals surface area contributed by atoms with Gasteiger partial charge in [-0.15, -0.1) is 0 Å². The normalized spacial score (nSPS) is 14.9. The molecule has 1 aromatic carbocycles. The summed E-state index contributed by atoms with van der Waals surface area (Å²) < 4.78 is 11.0. The Morgan fingerprint density at radius 1 is 1.29 bits per heavy atom. The predicted molar refractivity (Wildman–Crippen MR) is 87.2 cm³/mol. The molecule has 8 nitrogen and oxygen atoms in total. The van der Waals surface area contributed by atoms with Crippen molar-refractivity contribution in [3.05, 3.63) is 57.8 Å². The van der Waals surface area contributed by atoms with Crippen LogP contribution in [0.2, 0.25) is 0 Å². The summed E-state index contributed by atoms with van der Waals surface area (Å²) in [7, 11) is 0. The van der Waals surface area contributed by atoms with Crippen molar-refractivity contribution < 1.29 is 18.9 Å². The first-order chi connectivity index (χ1) is 11.7. The summed E-state index contributed by atoms with van der Waals surface area (Å²) in [6.45, 7) is 3.13. The topological polar surface area (TPSA) is 90.3 Å². The van der Waals surface area contributed by atoms with E-state index in [-0.39, 0.29) is 12.3 Å². The Morgan fingerprint density at radius 2 is 2.12 bits per heavy atom. The fourth-order valence-corrected chi connectivity index (χ4v) is 2.33. The molecule has 0 unspecified atom stereocenters. The van der Waals surface area contributed by atoms with Crippen LogP contribution in [0.25, 0.3) is 0 Å². The number of non-ortho nitro benzene ring substituents is 1. The highest BCUT2D eigenvalue weighted by Crippen LogP contribution is 2.19. The second kappa shape index (κ2) is 7.60. The van der Waals surface area contributed by atoms with E-state index in [1.165, 1.54) is 18.3 Å². The molecule has 1 saturated heterocycles. The number of rotatable bonds is 6. The minimum atomic E-state index is -0.442. The molecule has 0 spiro atoms. The van der Waals surface area contributed by atoms with E-state index >= 15 is 0 Å². The van der Waals surface area contributed by atoms with Gasteiger partial charge >= 0.3 is 0 Å². The molecule has 8 heteroatoms. The first-order valence-corrected chi connectivity index (χ1v) is 7.53. The monoisotopic (exact) mass is 331 g/mol. The van der Waals surface area contributed by atoms with E-state index in [2.05, 4.69) is 10.1 Å². The van der Waals surface area contributed by atoms with Crippen LogP contribution in [0.15, 0.2) is 46.0 Å². The lowest BCUT2D eigenvalue weighted by Crippen LogP contribution is -2.35. The number of nitrogens with zero attached hydrogens (tertiary/aromatic N) is 3. The molecule has 0 aliphatic carbocycles. The summed E-state index contributed by atoms with van der Waals surface area (Å²) in [5.74, 6) is 1.36. The third-order valence-corrected chi connectivity index (χ3v) is 3.54. The summed E-state index contributed by atoms with van der Waals surface area (Å²) in [4.78, 5) is 17.5. The molecule has 1 aromatic heterocycles. The first kappa shape index (κ1) is 16.0. The molecule has 0 saturated carbocycles. The van der Waals surface area contributed by atoms with Gasteiger partial charge in [0.15, 0.2) is 11.6 Å². The zero-order valence-corrected chi connectivity index (χ0v) is 13.0. The highest BCUT2D eigenvalue weighted by molar-refractivity contribution is 5.76. The minimum Gasteiger partial charge on any atom is -0.439 e. The van der Waals surface area contributed by atoms with Crippen molar-refractivity contribution in [1.82, 2.24) is 0 Å². The van der Waals surface area contributed by atoms with Gasteiger partial charge in [0.1, 0.15) is 12.8 Å². The number of anilines is 1. The summed E-state index contributed by atoms with van der Waals surface area (Å²) in [6.07, 6.45) is 1.47. The molecule has 0 radical (unpaired) electrons. The minimum absolute atomic E-state index is 0.0290. The molecule has 0 atom stereocenters. The van der Waals surface area contributed by atoms with Crippen LogP contribution in [-0.2, 0) is 16.2 Å². The number of furan rings is 1. The maximum atomic E-state index is 10.7. The van der Waals surface area contributed by atoms with Crippen molar-refractivity contribution in [3.8, 4) is 0 Å². The van der Waals surface area contributed by atoms with Gasteiger partial charge in [-0.1, -0.05) is 17.3 Å². The van der Waals surface area contributed by atoms with E-state index in [4.69, 9.17) is 14.0 Å². The molecule has 0 amide bonds. The Hall–Kier alpha value is -2.87. The number of nitro benzene ring substituents is 1. The number of hydrogen-bond acceptors (Lipinski definition) is 7. The van der Waals surface area contributed by atoms with Crippen LogP contribution >= 0.6 is 0 Å². The molecule has 2 heterocycles. The van der Waals surface area contributed by atoms with Gasteiger partial charge in [0.2, 0.25) is 0 Å². The zero-order chi connectivity index (χ0) is 16.8. The van der Waals surface area contributed by atoms with Crippen LogP contribution in [0.1, 0.15) is 11.3 Å². The Balaban J connectivity index is 1.52. The van der Waals surface area contributed by atoms with Gasteiger partial charge in [-0.2, -0.15) is 0 Å². The Labute approximate surface area is 138 Å². The second-order valence-electron chi connectivity index (χ2n) is 5.21. The number of ether oxygens (including phenoxy) is 1. The Bertz CT molecular complexity index is 722. The van der Waals surface area contributed by atoms with Gasteiger partial charge in [0.05, 0.1) is 18.1 Å². The number of benzene rings is 1. The molecule has 0 bridgehead atoms. The van der Waals surface area contributed by atoms with Gasteiger partial charge in [-0.25, -0.2) is 0 Å². The lowest BCUT2D eigenvalue weighted by atomic mass is 10.2. The van der Waals surface area contributed by atoms with E-state index in [1.54, 1.807) is 12.1 Å². The van der Waals surface area contributed by atoms with Gasteiger partial charge in [0.25, 0.3) is 5.69 Å². The van der Waals surface area contributed by atoms with Gasteiger partial charge < -0.3 is 18.9 Å². The molecule has 2 aromatic rings. The van der Waals surface area contributed by atoms with Crippen molar-refractivity contribution in [2.45, 2.75) is 6.61 Å². The van der Waals surface area contributed by atoms with E-state index in [9.17, 15) is 10.1 Å². The number of nitro groups is 1. The lowest BCUT2D eigenvalue weighted by Gasteiger charge is -2.26. The molecule has 126 valence electrons. The molecule has 1 aliphatic rings. The number of morpholine rings is 1. The standard InChI is InChI=1S/C16H17N3O5/c20-19(21)14-3-1-2-13(10-14)12-23-17-11-15-4-5-16(24-15)18-6-8-22-9-7-18/h1-5,10-11H,6-9,12H2/b17-11-. The fourth-order valence-electron chi connectivity index (χ4n) is 2.33. The molecule has 3 rings (SSSR count). The molecule has 1 aliphatic heterocycles. The van der Waals surface area contributed by atoms with Crippen molar-refractivity contribution in [3.63, 3.8) is 0 Å². The summed E-state index contributed by atoms with van der Waals surface area (Å²) in [5.41, 5.74) is 0.705. The van der Waals surface area contributed by atoms with E-state index in [0.717, 1.165) is 19.0 Å². The molecule has 24 heavy (non-hydrogen) atoms. The molecule has 1 fully saturated rings. The van der Waals surface area contributed by atoms with E-state index in [0.29, 0.717) is 24.5 Å².